The summed E-state index contributed by atoms with van der Waals surface area (Å²) >= 11 is 0. The van der Waals surface area contributed by atoms with Crippen LogP contribution in [0.4, 0.5) is 5.69 Å². The second kappa shape index (κ2) is 8.48. The van der Waals surface area contributed by atoms with E-state index >= 15 is 0 Å². The van der Waals surface area contributed by atoms with Crippen LogP contribution in [0.25, 0.3) is 0 Å². The van der Waals surface area contributed by atoms with Crippen LogP contribution in [0.2, 0.25) is 0 Å². The number of hydrogen-bond donors (Lipinski definition) is 2. The van der Waals surface area contributed by atoms with Gasteiger partial charge in [-0.25, -0.2) is 0 Å². The van der Waals surface area contributed by atoms with Crippen molar-refractivity contribution >= 4 is 17.5 Å². The number of nitrogens with zero attached hydrogens (tertiary/aromatic N) is 1. The highest BCUT2D eigenvalue weighted by Gasteiger charge is 2.15. The van der Waals surface area contributed by atoms with Crippen molar-refractivity contribution < 1.29 is 14.0 Å². The van der Waals surface area contributed by atoms with Crippen LogP contribution in [0.15, 0.2) is 41.0 Å². The first kappa shape index (κ1) is 18.7. The van der Waals surface area contributed by atoms with Gasteiger partial charge in [-0.1, -0.05) is 18.2 Å². The lowest BCUT2D eigenvalue weighted by molar-refractivity contribution is -0.123. The van der Waals surface area contributed by atoms with Crippen LogP contribution in [-0.4, -0.2) is 36.9 Å². The van der Waals surface area contributed by atoms with Gasteiger partial charge in [-0.15, -0.1) is 0 Å². The van der Waals surface area contributed by atoms with Crippen LogP contribution < -0.4 is 10.6 Å². The number of carbonyl (C=O) groups is 2. The van der Waals surface area contributed by atoms with Gasteiger partial charge in [-0.2, -0.15) is 0 Å². The molecule has 0 fully saturated rings. The van der Waals surface area contributed by atoms with Gasteiger partial charge in [0.1, 0.15) is 5.76 Å². The van der Waals surface area contributed by atoms with Crippen molar-refractivity contribution in [3.05, 3.63) is 53.5 Å². The SMILES string of the molecule is Cc1cccc(C)c1NC(=O)CN(C)CC(=O)N[C@H](C)c1ccco1. The summed E-state index contributed by atoms with van der Waals surface area (Å²) in [6, 6.07) is 9.25. The van der Waals surface area contributed by atoms with E-state index in [2.05, 4.69) is 10.6 Å². The molecule has 0 aliphatic carbocycles. The first-order valence-corrected chi connectivity index (χ1v) is 8.24. The smallest absolute Gasteiger partial charge is 0.238 e. The molecular weight excluding hydrogens is 318 g/mol. The maximum absolute atomic E-state index is 12.2. The van der Waals surface area contributed by atoms with E-state index in [1.165, 1.54) is 0 Å². The normalized spacial score (nSPS) is 12.0. The number of rotatable bonds is 7. The van der Waals surface area contributed by atoms with E-state index in [-0.39, 0.29) is 30.9 Å². The summed E-state index contributed by atoms with van der Waals surface area (Å²) in [6.07, 6.45) is 1.57. The predicted molar refractivity (Wildman–Crippen MR) is 97.3 cm³/mol. The molecule has 25 heavy (non-hydrogen) atoms. The fourth-order valence-electron chi connectivity index (χ4n) is 2.63. The summed E-state index contributed by atoms with van der Waals surface area (Å²) in [6.45, 7) is 6.03. The lowest BCUT2D eigenvalue weighted by atomic mass is 10.1. The first-order chi connectivity index (χ1) is 11.9. The number of para-hydroxylation sites is 1. The topological polar surface area (TPSA) is 74.6 Å². The summed E-state index contributed by atoms with van der Waals surface area (Å²) in [5.74, 6) is 0.391. The van der Waals surface area contributed by atoms with Gasteiger partial charge in [0.15, 0.2) is 0 Å². The number of aryl methyl sites for hydroxylation is 2. The van der Waals surface area contributed by atoms with Gasteiger partial charge in [0.25, 0.3) is 0 Å². The highest BCUT2D eigenvalue weighted by Crippen LogP contribution is 2.19. The molecule has 2 rings (SSSR count). The lowest BCUT2D eigenvalue weighted by Gasteiger charge is -2.18. The second-order valence-corrected chi connectivity index (χ2v) is 6.29. The van der Waals surface area contributed by atoms with Crippen LogP contribution >= 0.6 is 0 Å². The largest absolute Gasteiger partial charge is 0.467 e. The zero-order valence-corrected chi connectivity index (χ0v) is 15.1. The molecule has 6 heteroatoms. The molecule has 1 atom stereocenters. The molecule has 0 bridgehead atoms. The molecule has 134 valence electrons. The number of nitrogens with one attached hydrogen (secondary N) is 2. The zero-order chi connectivity index (χ0) is 18.4. The van der Waals surface area contributed by atoms with E-state index in [1.54, 1.807) is 24.3 Å². The molecule has 1 aromatic carbocycles. The minimum Gasteiger partial charge on any atom is -0.467 e. The average Bonchev–Trinajstić information content (AvgIpc) is 3.05. The summed E-state index contributed by atoms with van der Waals surface area (Å²) < 4.78 is 5.26. The van der Waals surface area contributed by atoms with Gasteiger partial charge >= 0.3 is 0 Å². The Kier molecular flexibility index (Phi) is 6.36. The molecule has 0 spiro atoms. The number of hydrogen-bond acceptors (Lipinski definition) is 4. The van der Waals surface area contributed by atoms with Crippen molar-refractivity contribution in [1.82, 2.24) is 10.2 Å². The Balaban J connectivity index is 1.82. The fraction of sp³-hybridized carbons (Fsp3) is 0.368. The van der Waals surface area contributed by atoms with Crippen LogP contribution in [0.3, 0.4) is 0 Å². The fourth-order valence-corrected chi connectivity index (χ4v) is 2.63. The van der Waals surface area contributed by atoms with Crippen molar-refractivity contribution in [2.75, 3.05) is 25.5 Å². The molecule has 0 aliphatic heterocycles. The number of likely N-dealkylation sites (N-methyl/N-ethyl adjacent to an activating group) is 1. The molecule has 0 radical (unpaired) electrons. The first-order valence-electron chi connectivity index (χ1n) is 8.24. The number of carbonyl (C=O) groups excluding carboxylic acids is 2. The number of furan rings is 1. The van der Waals surface area contributed by atoms with Crippen LogP contribution in [0.5, 0.6) is 0 Å². The molecule has 1 aromatic heterocycles. The molecule has 0 unspecified atom stereocenters. The third kappa shape index (κ3) is 5.46. The Morgan fingerprint density at radius 2 is 1.72 bits per heavy atom. The second-order valence-electron chi connectivity index (χ2n) is 6.29. The standard InChI is InChI=1S/C19H25N3O3/c1-13-7-5-8-14(2)19(13)21-18(24)12-22(4)11-17(23)20-15(3)16-9-6-10-25-16/h5-10,15H,11-12H2,1-4H3,(H,20,23)(H,21,24)/t15-/m1/s1. The van der Waals surface area contributed by atoms with Gasteiger partial charge in [-0.3, -0.25) is 14.5 Å². The quantitative estimate of drug-likeness (QED) is 0.810. The molecule has 2 aromatic rings. The van der Waals surface area contributed by atoms with Crippen molar-refractivity contribution in [3.8, 4) is 0 Å². The maximum Gasteiger partial charge on any atom is 0.238 e. The molecule has 0 saturated carbocycles. The lowest BCUT2D eigenvalue weighted by Crippen LogP contribution is -2.39. The minimum absolute atomic E-state index is 0.130. The highest BCUT2D eigenvalue weighted by atomic mass is 16.3. The molecule has 0 aliphatic rings. The molecule has 1 heterocycles. The summed E-state index contributed by atoms with van der Waals surface area (Å²) in [7, 11) is 1.74. The monoisotopic (exact) mass is 343 g/mol. The van der Waals surface area contributed by atoms with Gasteiger partial charge in [0, 0.05) is 5.69 Å². The Labute approximate surface area is 148 Å². The third-order valence-electron chi connectivity index (χ3n) is 3.92. The molecule has 0 saturated heterocycles. The number of amides is 2. The van der Waals surface area contributed by atoms with Crippen LogP contribution in [0, 0.1) is 13.8 Å². The Hall–Kier alpha value is -2.60. The molecule has 2 N–H and O–H groups in total. The summed E-state index contributed by atoms with van der Waals surface area (Å²) in [5, 5.41) is 5.77. The maximum atomic E-state index is 12.2. The van der Waals surface area contributed by atoms with Gasteiger partial charge in [0.2, 0.25) is 11.8 Å². The Morgan fingerprint density at radius 3 is 2.32 bits per heavy atom. The number of benzene rings is 1. The van der Waals surface area contributed by atoms with Crippen molar-refractivity contribution in [2.24, 2.45) is 0 Å². The Morgan fingerprint density at radius 1 is 1.08 bits per heavy atom. The van der Waals surface area contributed by atoms with E-state index < -0.39 is 0 Å². The van der Waals surface area contributed by atoms with E-state index in [0.717, 1.165) is 16.8 Å². The van der Waals surface area contributed by atoms with E-state index in [9.17, 15) is 9.59 Å². The Bertz CT molecular complexity index is 705. The highest BCUT2D eigenvalue weighted by molar-refractivity contribution is 5.94. The molecule has 6 nitrogen and oxygen atoms in total. The van der Waals surface area contributed by atoms with Gasteiger partial charge < -0.3 is 15.1 Å². The van der Waals surface area contributed by atoms with Crippen molar-refractivity contribution in [1.29, 1.82) is 0 Å². The third-order valence-corrected chi connectivity index (χ3v) is 3.92. The van der Waals surface area contributed by atoms with Crippen molar-refractivity contribution in [2.45, 2.75) is 26.8 Å². The van der Waals surface area contributed by atoms with Crippen LogP contribution in [-0.2, 0) is 9.59 Å². The van der Waals surface area contributed by atoms with Crippen LogP contribution in [0.1, 0.15) is 29.9 Å². The summed E-state index contributed by atoms with van der Waals surface area (Å²) in [5.41, 5.74) is 2.86. The zero-order valence-electron chi connectivity index (χ0n) is 15.1. The summed E-state index contributed by atoms with van der Waals surface area (Å²) in [4.78, 5) is 26.0. The van der Waals surface area contributed by atoms with Crippen molar-refractivity contribution in [3.63, 3.8) is 0 Å². The van der Waals surface area contributed by atoms with Gasteiger partial charge in [0.05, 0.1) is 25.4 Å². The molecule has 2 amide bonds. The predicted octanol–water partition coefficient (Wildman–Crippen LogP) is 2.64. The van der Waals surface area contributed by atoms with E-state index in [1.807, 2.05) is 45.0 Å². The minimum atomic E-state index is -0.209. The number of anilines is 1. The van der Waals surface area contributed by atoms with Gasteiger partial charge in [-0.05, 0) is 51.1 Å². The van der Waals surface area contributed by atoms with E-state index in [0.29, 0.717) is 5.76 Å². The van der Waals surface area contributed by atoms with E-state index in [4.69, 9.17) is 4.42 Å². The average molecular weight is 343 g/mol. The molecular formula is C19H25N3O3.